The van der Waals surface area contributed by atoms with Crippen molar-refractivity contribution in [3.63, 3.8) is 0 Å². The van der Waals surface area contributed by atoms with Crippen molar-refractivity contribution < 1.29 is 0 Å². The van der Waals surface area contributed by atoms with Gasteiger partial charge >= 0.3 is 0 Å². The molecule has 21 heavy (non-hydrogen) atoms. The van der Waals surface area contributed by atoms with E-state index in [9.17, 15) is 0 Å². The van der Waals surface area contributed by atoms with Crippen LogP contribution in [0.5, 0.6) is 0 Å². The Hall–Kier alpha value is -0.900. The van der Waals surface area contributed by atoms with Crippen LogP contribution in [0.4, 0.5) is 0 Å². The van der Waals surface area contributed by atoms with Gasteiger partial charge in [-0.15, -0.1) is 0 Å². The fourth-order valence-electron chi connectivity index (χ4n) is 2.54. The smallest absolute Gasteiger partial charge is 0.0236 e. The lowest BCUT2D eigenvalue weighted by atomic mass is 10.1. The van der Waals surface area contributed by atoms with Crippen LogP contribution in [0, 0.1) is 0 Å². The van der Waals surface area contributed by atoms with Gasteiger partial charge in [0.1, 0.15) is 0 Å². The average Bonchev–Trinajstić information content (AvgIpc) is 2.42. The summed E-state index contributed by atoms with van der Waals surface area (Å²) in [5.41, 5.74) is 2.76. The minimum absolute atomic E-state index is 0.534. The maximum atomic E-state index is 3.46. The maximum absolute atomic E-state index is 3.46. The number of likely N-dealkylation sites (N-methyl/N-ethyl adjacent to an activating group) is 2. The molecule has 0 amide bonds. The van der Waals surface area contributed by atoms with E-state index in [0.717, 1.165) is 26.2 Å². The second-order valence-electron chi connectivity index (χ2n) is 6.53. The van der Waals surface area contributed by atoms with Gasteiger partial charge in [0.05, 0.1) is 0 Å². The number of benzene rings is 1. The summed E-state index contributed by atoms with van der Waals surface area (Å²) in [5, 5.41) is 3.46. The summed E-state index contributed by atoms with van der Waals surface area (Å²) >= 11 is 0. The fraction of sp³-hybridized carbons (Fsp3) is 0.667. The molecule has 1 atom stereocenters. The van der Waals surface area contributed by atoms with Gasteiger partial charge in [0.15, 0.2) is 0 Å². The zero-order chi connectivity index (χ0) is 15.8. The monoisotopic (exact) mass is 291 g/mol. The van der Waals surface area contributed by atoms with Gasteiger partial charge in [-0.2, -0.15) is 0 Å². The second-order valence-corrected chi connectivity index (χ2v) is 6.53. The van der Waals surface area contributed by atoms with Gasteiger partial charge in [0, 0.05) is 31.7 Å². The first-order valence-corrected chi connectivity index (χ1v) is 8.12. The molecule has 1 aromatic carbocycles. The van der Waals surface area contributed by atoms with Crippen molar-refractivity contribution in [2.75, 3.05) is 27.2 Å². The topological polar surface area (TPSA) is 18.5 Å². The normalized spacial score (nSPS) is 13.4. The molecule has 1 unspecified atom stereocenters. The standard InChI is InChI=1S/C18H33N3/c1-7-21(16(4)13-20(5)6)14-18-10-8-17(9-11-18)12-19-15(2)3/h8-11,15-16,19H,7,12-14H2,1-6H3. The summed E-state index contributed by atoms with van der Waals surface area (Å²) in [7, 11) is 4.28. The summed E-state index contributed by atoms with van der Waals surface area (Å²) in [5.74, 6) is 0. The molecule has 1 rings (SSSR count). The molecule has 3 heteroatoms. The zero-order valence-corrected chi connectivity index (χ0v) is 14.7. The van der Waals surface area contributed by atoms with E-state index >= 15 is 0 Å². The van der Waals surface area contributed by atoms with E-state index in [0.29, 0.717) is 12.1 Å². The predicted molar refractivity (Wildman–Crippen MR) is 92.5 cm³/mol. The molecule has 0 aliphatic rings. The fourth-order valence-corrected chi connectivity index (χ4v) is 2.54. The molecule has 0 spiro atoms. The first-order valence-electron chi connectivity index (χ1n) is 8.12. The Kier molecular flexibility index (Phi) is 7.94. The number of rotatable bonds is 9. The van der Waals surface area contributed by atoms with Crippen LogP contribution in [0.25, 0.3) is 0 Å². The lowest BCUT2D eigenvalue weighted by Gasteiger charge is -2.30. The van der Waals surface area contributed by atoms with Crippen LogP contribution >= 0.6 is 0 Å². The number of nitrogens with one attached hydrogen (secondary N) is 1. The molecule has 0 aliphatic carbocycles. The summed E-state index contributed by atoms with van der Waals surface area (Å²) < 4.78 is 0. The molecule has 3 nitrogen and oxygen atoms in total. The van der Waals surface area contributed by atoms with E-state index in [1.807, 2.05) is 0 Å². The summed E-state index contributed by atoms with van der Waals surface area (Å²) in [6, 6.07) is 10.1. The van der Waals surface area contributed by atoms with Crippen LogP contribution in [0.1, 0.15) is 38.8 Å². The first-order chi connectivity index (χ1) is 9.92. The van der Waals surface area contributed by atoms with E-state index in [2.05, 4.69) is 81.2 Å². The predicted octanol–water partition coefficient (Wildman–Crippen LogP) is 2.96. The van der Waals surface area contributed by atoms with Gasteiger partial charge in [0.25, 0.3) is 0 Å². The molecule has 0 saturated heterocycles. The maximum Gasteiger partial charge on any atom is 0.0236 e. The third-order valence-corrected chi connectivity index (χ3v) is 3.78. The van der Waals surface area contributed by atoms with Crippen molar-refractivity contribution in [1.82, 2.24) is 15.1 Å². The largest absolute Gasteiger partial charge is 0.310 e. The molecular formula is C18H33N3. The molecule has 0 fully saturated rings. The molecule has 120 valence electrons. The Morgan fingerprint density at radius 2 is 1.57 bits per heavy atom. The minimum atomic E-state index is 0.534. The van der Waals surface area contributed by atoms with Gasteiger partial charge in [0.2, 0.25) is 0 Å². The SMILES string of the molecule is CCN(Cc1ccc(CNC(C)C)cc1)C(C)CN(C)C. The van der Waals surface area contributed by atoms with Gasteiger partial charge < -0.3 is 10.2 Å². The van der Waals surface area contributed by atoms with Crippen molar-refractivity contribution in [2.45, 2.75) is 52.9 Å². The highest BCUT2D eigenvalue weighted by atomic mass is 15.2. The highest BCUT2D eigenvalue weighted by Gasteiger charge is 2.13. The summed E-state index contributed by atoms with van der Waals surface area (Å²) in [6.07, 6.45) is 0. The van der Waals surface area contributed by atoms with E-state index < -0.39 is 0 Å². The van der Waals surface area contributed by atoms with Gasteiger partial charge in [-0.1, -0.05) is 45.0 Å². The Bertz CT molecular complexity index is 384. The summed E-state index contributed by atoms with van der Waals surface area (Å²) in [4.78, 5) is 4.79. The number of nitrogens with zero attached hydrogens (tertiary/aromatic N) is 2. The molecular weight excluding hydrogens is 258 g/mol. The van der Waals surface area contributed by atoms with Crippen molar-refractivity contribution in [3.8, 4) is 0 Å². The Labute approximate surface area is 131 Å². The van der Waals surface area contributed by atoms with Crippen LogP contribution in [0.15, 0.2) is 24.3 Å². The zero-order valence-electron chi connectivity index (χ0n) is 14.7. The molecule has 0 heterocycles. The van der Waals surface area contributed by atoms with E-state index in [-0.39, 0.29) is 0 Å². The third kappa shape index (κ3) is 7.07. The van der Waals surface area contributed by atoms with Gasteiger partial charge in [-0.05, 0) is 38.7 Å². The molecule has 0 saturated carbocycles. The van der Waals surface area contributed by atoms with Crippen molar-refractivity contribution in [3.05, 3.63) is 35.4 Å². The van der Waals surface area contributed by atoms with E-state index in [1.54, 1.807) is 0 Å². The third-order valence-electron chi connectivity index (χ3n) is 3.78. The lowest BCUT2D eigenvalue weighted by Crippen LogP contribution is -2.39. The first kappa shape index (κ1) is 18.1. The lowest BCUT2D eigenvalue weighted by molar-refractivity contribution is 0.174. The highest BCUT2D eigenvalue weighted by molar-refractivity contribution is 5.22. The van der Waals surface area contributed by atoms with Gasteiger partial charge in [-0.25, -0.2) is 0 Å². The molecule has 0 aliphatic heterocycles. The quantitative estimate of drug-likeness (QED) is 0.754. The van der Waals surface area contributed by atoms with Crippen LogP contribution in [-0.2, 0) is 13.1 Å². The Balaban J connectivity index is 2.56. The van der Waals surface area contributed by atoms with Crippen molar-refractivity contribution in [1.29, 1.82) is 0 Å². The van der Waals surface area contributed by atoms with Crippen molar-refractivity contribution >= 4 is 0 Å². The Morgan fingerprint density at radius 3 is 2.05 bits per heavy atom. The van der Waals surface area contributed by atoms with Crippen LogP contribution in [-0.4, -0.2) is 49.1 Å². The molecule has 0 aromatic heterocycles. The number of hydrogen-bond acceptors (Lipinski definition) is 3. The average molecular weight is 291 g/mol. The van der Waals surface area contributed by atoms with E-state index in [1.165, 1.54) is 11.1 Å². The second kappa shape index (κ2) is 9.19. The molecule has 1 aromatic rings. The molecule has 0 bridgehead atoms. The number of hydrogen-bond donors (Lipinski definition) is 1. The van der Waals surface area contributed by atoms with Crippen molar-refractivity contribution in [2.24, 2.45) is 0 Å². The summed E-state index contributed by atoms with van der Waals surface area (Å²) in [6.45, 7) is 13.1. The van der Waals surface area contributed by atoms with Crippen LogP contribution < -0.4 is 5.32 Å². The minimum Gasteiger partial charge on any atom is -0.310 e. The van der Waals surface area contributed by atoms with Crippen LogP contribution in [0.2, 0.25) is 0 Å². The Morgan fingerprint density at radius 1 is 1.00 bits per heavy atom. The molecule has 1 N–H and O–H groups in total. The highest BCUT2D eigenvalue weighted by Crippen LogP contribution is 2.11. The van der Waals surface area contributed by atoms with Crippen LogP contribution in [0.3, 0.4) is 0 Å². The molecule has 0 radical (unpaired) electrons. The van der Waals surface area contributed by atoms with Gasteiger partial charge in [-0.3, -0.25) is 4.90 Å². The van der Waals surface area contributed by atoms with E-state index in [4.69, 9.17) is 0 Å².